The molecule has 5 heteroatoms. The van der Waals surface area contributed by atoms with Crippen molar-refractivity contribution >= 4 is 0 Å². The van der Waals surface area contributed by atoms with Crippen molar-refractivity contribution in [3.63, 3.8) is 0 Å². The fourth-order valence-electron chi connectivity index (χ4n) is 1.97. The molecule has 1 fully saturated rings. The molecular weight excluding hydrogens is 235 g/mol. The summed E-state index contributed by atoms with van der Waals surface area (Å²) in [5.74, 6) is -0.0357. The number of ether oxygens (including phenoxy) is 2. The van der Waals surface area contributed by atoms with E-state index in [4.69, 9.17) is 14.7 Å². The van der Waals surface area contributed by atoms with Crippen LogP contribution in [0, 0.1) is 17.1 Å². The molecule has 96 valence electrons. The summed E-state index contributed by atoms with van der Waals surface area (Å²) in [5, 5.41) is 12.1. The van der Waals surface area contributed by atoms with Gasteiger partial charge in [0, 0.05) is 6.07 Å². The minimum atomic E-state index is -0.522. The van der Waals surface area contributed by atoms with Gasteiger partial charge in [-0.25, -0.2) is 4.39 Å². The summed E-state index contributed by atoms with van der Waals surface area (Å²) in [5.41, 5.74) is 0.174. The van der Waals surface area contributed by atoms with Gasteiger partial charge in [-0.05, 0) is 32.0 Å². The molecule has 1 N–H and O–H groups in total. The fraction of sp³-hybridized carbons (Fsp3) is 0.462. The predicted molar refractivity (Wildman–Crippen MR) is 64.2 cm³/mol. The van der Waals surface area contributed by atoms with Gasteiger partial charge in [0.15, 0.2) is 11.6 Å². The number of hydrogen-bond acceptors (Lipinski definition) is 4. The molecule has 18 heavy (non-hydrogen) atoms. The van der Waals surface area contributed by atoms with E-state index in [-0.39, 0.29) is 17.4 Å². The smallest absolute Gasteiger partial charge is 0.166 e. The van der Waals surface area contributed by atoms with E-state index in [0.29, 0.717) is 5.75 Å². The van der Waals surface area contributed by atoms with Gasteiger partial charge in [-0.1, -0.05) is 0 Å². The molecular formula is C13H15FN2O2. The van der Waals surface area contributed by atoms with Crippen molar-refractivity contribution in [3.05, 3.63) is 23.5 Å². The molecule has 1 aromatic carbocycles. The molecule has 0 radical (unpaired) electrons. The highest BCUT2D eigenvalue weighted by molar-refractivity contribution is 5.48. The molecule has 1 aliphatic heterocycles. The van der Waals surface area contributed by atoms with Gasteiger partial charge in [0.05, 0.1) is 12.7 Å². The Morgan fingerprint density at radius 2 is 2.06 bits per heavy atom. The summed E-state index contributed by atoms with van der Waals surface area (Å²) in [6.45, 7) is 1.75. The Morgan fingerprint density at radius 1 is 1.33 bits per heavy atom. The van der Waals surface area contributed by atoms with E-state index in [0.717, 1.165) is 32.0 Å². The van der Waals surface area contributed by atoms with E-state index in [1.54, 1.807) is 0 Å². The Labute approximate surface area is 105 Å². The van der Waals surface area contributed by atoms with Crippen LogP contribution < -0.4 is 14.8 Å². The highest BCUT2D eigenvalue weighted by Crippen LogP contribution is 2.29. The summed E-state index contributed by atoms with van der Waals surface area (Å²) in [4.78, 5) is 0. The zero-order chi connectivity index (χ0) is 13.0. The maximum atomic E-state index is 13.8. The van der Waals surface area contributed by atoms with Crippen LogP contribution in [0.5, 0.6) is 11.5 Å². The Bertz CT molecular complexity index is 465. The van der Waals surface area contributed by atoms with Gasteiger partial charge in [-0.2, -0.15) is 5.26 Å². The van der Waals surface area contributed by atoms with E-state index in [1.807, 2.05) is 6.07 Å². The van der Waals surface area contributed by atoms with E-state index >= 15 is 0 Å². The lowest BCUT2D eigenvalue weighted by molar-refractivity contribution is 0.155. The highest BCUT2D eigenvalue weighted by Gasteiger charge is 2.18. The van der Waals surface area contributed by atoms with Gasteiger partial charge in [0.2, 0.25) is 0 Å². The van der Waals surface area contributed by atoms with Crippen LogP contribution in [0.4, 0.5) is 4.39 Å². The topological polar surface area (TPSA) is 54.3 Å². The molecule has 0 aliphatic carbocycles. The lowest BCUT2D eigenvalue weighted by atomic mass is 10.1. The fourth-order valence-corrected chi connectivity index (χ4v) is 1.97. The summed E-state index contributed by atoms with van der Waals surface area (Å²) in [6.07, 6.45) is 1.71. The average molecular weight is 250 g/mol. The van der Waals surface area contributed by atoms with Gasteiger partial charge < -0.3 is 14.8 Å². The number of nitriles is 1. The van der Waals surface area contributed by atoms with Crippen LogP contribution in [0.15, 0.2) is 12.1 Å². The van der Waals surface area contributed by atoms with E-state index in [1.165, 1.54) is 13.2 Å². The third kappa shape index (κ3) is 2.71. The first-order chi connectivity index (χ1) is 8.74. The largest absolute Gasteiger partial charge is 0.495 e. The Kier molecular flexibility index (Phi) is 4.00. The summed E-state index contributed by atoms with van der Waals surface area (Å²) < 4.78 is 24.4. The van der Waals surface area contributed by atoms with E-state index < -0.39 is 5.82 Å². The van der Waals surface area contributed by atoms with Crippen LogP contribution in [-0.2, 0) is 0 Å². The number of nitrogens with zero attached hydrogens (tertiary/aromatic N) is 1. The first kappa shape index (κ1) is 12.7. The molecule has 0 amide bonds. The minimum Gasteiger partial charge on any atom is -0.495 e. The minimum absolute atomic E-state index is 0.0124. The Hall–Kier alpha value is -1.80. The average Bonchev–Trinajstić information content (AvgIpc) is 2.41. The van der Waals surface area contributed by atoms with Gasteiger partial charge in [-0.3, -0.25) is 0 Å². The molecule has 0 atom stereocenters. The maximum Gasteiger partial charge on any atom is 0.166 e. The summed E-state index contributed by atoms with van der Waals surface area (Å²) in [7, 11) is 1.45. The van der Waals surface area contributed by atoms with Crippen molar-refractivity contribution in [2.75, 3.05) is 20.2 Å². The SMILES string of the molecule is COc1cc(OC2CCNCC2)c(F)cc1C#N. The molecule has 1 aliphatic rings. The highest BCUT2D eigenvalue weighted by atomic mass is 19.1. The molecule has 0 unspecified atom stereocenters. The third-order valence-electron chi connectivity index (χ3n) is 2.95. The second-order valence-corrected chi connectivity index (χ2v) is 4.16. The van der Waals surface area contributed by atoms with Gasteiger partial charge in [0.25, 0.3) is 0 Å². The van der Waals surface area contributed by atoms with Gasteiger partial charge >= 0.3 is 0 Å². The molecule has 0 saturated carbocycles. The molecule has 0 spiro atoms. The lowest BCUT2D eigenvalue weighted by Gasteiger charge is -2.24. The van der Waals surface area contributed by atoms with E-state index in [2.05, 4.69) is 5.32 Å². The standard InChI is InChI=1S/C13H15FN2O2/c1-17-12-7-13(11(14)6-9(12)8-15)18-10-2-4-16-5-3-10/h6-7,10,16H,2-5H2,1H3. The Morgan fingerprint density at radius 3 is 2.67 bits per heavy atom. The molecule has 0 aromatic heterocycles. The number of hydrogen-bond donors (Lipinski definition) is 1. The summed E-state index contributed by atoms with van der Waals surface area (Å²) in [6, 6.07) is 4.48. The quantitative estimate of drug-likeness (QED) is 0.889. The van der Waals surface area contributed by atoms with Crippen LogP contribution in [0.25, 0.3) is 0 Å². The lowest BCUT2D eigenvalue weighted by Crippen LogP contribution is -2.34. The number of methoxy groups -OCH3 is 1. The number of halogens is 1. The van der Waals surface area contributed by atoms with Crippen molar-refractivity contribution in [2.24, 2.45) is 0 Å². The monoisotopic (exact) mass is 250 g/mol. The zero-order valence-electron chi connectivity index (χ0n) is 10.2. The normalized spacial score (nSPS) is 16.1. The van der Waals surface area contributed by atoms with Crippen LogP contribution in [0.1, 0.15) is 18.4 Å². The zero-order valence-corrected chi connectivity index (χ0v) is 10.2. The van der Waals surface area contributed by atoms with Crippen molar-refractivity contribution in [1.29, 1.82) is 5.26 Å². The van der Waals surface area contributed by atoms with Crippen LogP contribution in [-0.4, -0.2) is 26.3 Å². The predicted octanol–water partition coefficient (Wildman–Crippen LogP) is 1.84. The first-order valence-corrected chi connectivity index (χ1v) is 5.89. The molecule has 0 bridgehead atoms. The maximum absolute atomic E-state index is 13.8. The van der Waals surface area contributed by atoms with Crippen LogP contribution in [0.2, 0.25) is 0 Å². The van der Waals surface area contributed by atoms with Gasteiger partial charge in [-0.15, -0.1) is 0 Å². The summed E-state index contributed by atoms with van der Waals surface area (Å²) >= 11 is 0. The second kappa shape index (κ2) is 5.69. The van der Waals surface area contributed by atoms with Crippen LogP contribution in [0.3, 0.4) is 0 Å². The van der Waals surface area contributed by atoms with Crippen molar-refractivity contribution in [1.82, 2.24) is 5.32 Å². The molecule has 2 rings (SSSR count). The molecule has 1 heterocycles. The molecule has 4 nitrogen and oxygen atoms in total. The number of rotatable bonds is 3. The third-order valence-corrected chi connectivity index (χ3v) is 2.95. The first-order valence-electron chi connectivity index (χ1n) is 5.89. The number of piperidine rings is 1. The van der Waals surface area contributed by atoms with Crippen molar-refractivity contribution < 1.29 is 13.9 Å². The van der Waals surface area contributed by atoms with Crippen molar-refractivity contribution in [2.45, 2.75) is 18.9 Å². The van der Waals surface area contributed by atoms with Crippen molar-refractivity contribution in [3.8, 4) is 17.6 Å². The Balaban J connectivity index is 2.19. The van der Waals surface area contributed by atoms with Gasteiger partial charge in [0.1, 0.15) is 17.9 Å². The number of benzene rings is 1. The molecule has 1 saturated heterocycles. The number of nitrogens with one attached hydrogen (secondary N) is 1. The van der Waals surface area contributed by atoms with Crippen LogP contribution >= 0.6 is 0 Å². The van der Waals surface area contributed by atoms with E-state index in [9.17, 15) is 4.39 Å². The molecule has 1 aromatic rings. The second-order valence-electron chi connectivity index (χ2n) is 4.16.